The summed E-state index contributed by atoms with van der Waals surface area (Å²) in [5.41, 5.74) is 9.41. The minimum atomic E-state index is -0.0611. The first-order valence-electron chi connectivity index (χ1n) is 8.64. The van der Waals surface area contributed by atoms with Crippen molar-refractivity contribution >= 4 is 27.4 Å². The molecule has 2 aromatic heterocycles. The van der Waals surface area contributed by atoms with Crippen molar-refractivity contribution in [1.82, 2.24) is 9.55 Å². The number of hydrogen-bond donors (Lipinski definition) is 1. The van der Waals surface area contributed by atoms with Crippen molar-refractivity contribution in [3.05, 3.63) is 57.3 Å². The molecule has 1 atom stereocenters. The van der Waals surface area contributed by atoms with Gasteiger partial charge in [0.15, 0.2) is 0 Å². The Morgan fingerprint density at radius 2 is 2.19 bits per heavy atom. The Hall–Kier alpha value is -2.69. The van der Waals surface area contributed by atoms with Crippen LogP contribution < -0.4 is 15.5 Å². The van der Waals surface area contributed by atoms with Gasteiger partial charge in [0.05, 0.1) is 23.9 Å². The molecule has 1 saturated heterocycles. The maximum Gasteiger partial charge on any atom is 0.310 e. The van der Waals surface area contributed by atoms with Crippen LogP contribution in [0.2, 0.25) is 0 Å². The summed E-state index contributed by atoms with van der Waals surface area (Å²) in [6, 6.07) is 11.7. The molecule has 3 aromatic rings. The predicted octanol–water partition coefficient (Wildman–Crippen LogP) is 2.31. The van der Waals surface area contributed by atoms with Crippen molar-refractivity contribution in [1.29, 1.82) is 5.26 Å². The van der Waals surface area contributed by atoms with E-state index in [-0.39, 0.29) is 10.9 Å². The molecule has 26 heavy (non-hydrogen) atoms. The number of nitriles is 1. The molecule has 2 N–H and O–H groups in total. The molecular weight excluding hydrogens is 346 g/mol. The average Bonchev–Trinajstić information content (AvgIpc) is 2.97. The molecule has 0 aliphatic carbocycles. The van der Waals surface area contributed by atoms with Crippen molar-refractivity contribution in [2.45, 2.75) is 25.4 Å². The Morgan fingerprint density at radius 1 is 1.35 bits per heavy atom. The number of nitrogens with zero attached hydrogens (tertiary/aromatic N) is 4. The molecule has 0 bridgehead atoms. The smallest absolute Gasteiger partial charge is 0.310 e. The van der Waals surface area contributed by atoms with Gasteiger partial charge in [-0.2, -0.15) is 5.26 Å². The molecule has 0 radical (unpaired) electrons. The van der Waals surface area contributed by atoms with Crippen LogP contribution >= 0.6 is 11.3 Å². The minimum Gasteiger partial charge on any atom is -0.368 e. The molecule has 132 valence electrons. The van der Waals surface area contributed by atoms with Gasteiger partial charge in [0.2, 0.25) is 0 Å². The van der Waals surface area contributed by atoms with Crippen molar-refractivity contribution < 1.29 is 0 Å². The van der Waals surface area contributed by atoms with Crippen LogP contribution in [0.25, 0.3) is 10.3 Å². The number of pyridine rings is 1. The van der Waals surface area contributed by atoms with E-state index in [1.54, 1.807) is 16.8 Å². The zero-order chi connectivity index (χ0) is 18.1. The quantitative estimate of drug-likeness (QED) is 0.769. The fourth-order valence-electron chi connectivity index (χ4n) is 3.55. The van der Waals surface area contributed by atoms with E-state index in [1.807, 2.05) is 24.3 Å². The van der Waals surface area contributed by atoms with E-state index in [0.717, 1.165) is 58.9 Å². The van der Waals surface area contributed by atoms with Crippen LogP contribution in [-0.4, -0.2) is 28.7 Å². The molecule has 1 aromatic carbocycles. The molecule has 1 fully saturated rings. The summed E-state index contributed by atoms with van der Waals surface area (Å²) >= 11 is 1.15. The lowest BCUT2D eigenvalue weighted by Gasteiger charge is -2.33. The van der Waals surface area contributed by atoms with Crippen molar-refractivity contribution in [3.8, 4) is 6.07 Å². The Bertz CT molecular complexity index is 1050. The third kappa shape index (κ3) is 2.98. The predicted molar refractivity (Wildman–Crippen MR) is 104 cm³/mol. The molecule has 0 unspecified atom stereocenters. The van der Waals surface area contributed by atoms with Gasteiger partial charge < -0.3 is 10.6 Å². The van der Waals surface area contributed by atoms with Crippen LogP contribution in [0.1, 0.15) is 24.0 Å². The third-order valence-corrected chi connectivity index (χ3v) is 5.70. The molecule has 0 saturated carbocycles. The first-order chi connectivity index (χ1) is 12.7. The molecule has 0 spiro atoms. The van der Waals surface area contributed by atoms with Crippen molar-refractivity contribution in [2.24, 2.45) is 5.73 Å². The molecular formula is C19H19N5OS. The van der Waals surface area contributed by atoms with Gasteiger partial charge in [0.1, 0.15) is 10.3 Å². The number of anilines is 1. The van der Waals surface area contributed by atoms with Gasteiger partial charge >= 0.3 is 4.87 Å². The third-order valence-electron chi connectivity index (χ3n) is 4.81. The van der Waals surface area contributed by atoms with Crippen LogP contribution in [0, 0.1) is 11.3 Å². The lowest BCUT2D eigenvalue weighted by molar-refractivity contribution is 0.506. The van der Waals surface area contributed by atoms with Gasteiger partial charge in [-0.25, -0.2) is 4.98 Å². The zero-order valence-corrected chi connectivity index (χ0v) is 15.1. The highest BCUT2D eigenvalue weighted by Crippen LogP contribution is 2.29. The number of nitrogens with two attached hydrogens (primary N) is 1. The van der Waals surface area contributed by atoms with E-state index >= 15 is 0 Å². The van der Waals surface area contributed by atoms with Gasteiger partial charge in [0, 0.05) is 25.3 Å². The summed E-state index contributed by atoms with van der Waals surface area (Å²) in [5.74, 6) is 0. The van der Waals surface area contributed by atoms with Gasteiger partial charge in [-0.15, -0.1) is 0 Å². The lowest BCUT2D eigenvalue weighted by Crippen LogP contribution is -2.43. The maximum atomic E-state index is 12.7. The van der Waals surface area contributed by atoms with Crippen molar-refractivity contribution in [3.63, 3.8) is 0 Å². The van der Waals surface area contributed by atoms with Gasteiger partial charge in [-0.1, -0.05) is 29.5 Å². The highest BCUT2D eigenvalue weighted by atomic mass is 32.1. The molecule has 1 aliphatic rings. The molecule has 0 amide bonds. The van der Waals surface area contributed by atoms with E-state index in [4.69, 9.17) is 5.73 Å². The second-order valence-corrected chi connectivity index (χ2v) is 7.50. The number of thiazole rings is 1. The summed E-state index contributed by atoms with van der Waals surface area (Å²) in [7, 11) is 0. The van der Waals surface area contributed by atoms with E-state index in [1.165, 1.54) is 0 Å². The number of piperidine rings is 1. The minimum absolute atomic E-state index is 0.0611. The van der Waals surface area contributed by atoms with Crippen LogP contribution in [-0.2, 0) is 6.54 Å². The zero-order valence-electron chi connectivity index (χ0n) is 14.3. The molecule has 3 heterocycles. The number of aromatic nitrogens is 2. The van der Waals surface area contributed by atoms with Crippen LogP contribution in [0.3, 0.4) is 0 Å². The second-order valence-electron chi connectivity index (χ2n) is 6.56. The normalized spacial score (nSPS) is 17.4. The van der Waals surface area contributed by atoms with Crippen molar-refractivity contribution in [2.75, 3.05) is 18.0 Å². The lowest BCUT2D eigenvalue weighted by atomic mass is 10.1. The Morgan fingerprint density at radius 3 is 3.00 bits per heavy atom. The Labute approximate surface area is 155 Å². The molecule has 1 aliphatic heterocycles. The van der Waals surface area contributed by atoms with Gasteiger partial charge in [-0.05, 0) is 30.5 Å². The molecule has 4 rings (SSSR count). The Balaban J connectivity index is 1.83. The fourth-order valence-corrected chi connectivity index (χ4v) is 4.40. The highest BCUT2D eigenvalue weighted by Gasteiger charge is 2.22. The van der Waals surface area contributed by atoms with E-state index in [0.29, 0.717) is 12.1 Å². The molecule has 6 nitrogen and oxygen atoms in total. The summed E-state index contributed by atoms with van der Waals surface area (Å²) < 4.78 is 1.73. The fraction of sp³-hybridized carbons (Fsp3) is 0.316. The number of fused-ring (bicyclic) bond motifs is 1. The Kier molecular flexibility index (Phi) is 4.45. The monoisotopic (exact) mass is 365 g/mol. The first kappa shape index (κ1) is 16.8. The largest absolute Gasteiger partial charge is 0.368 e. The van der Waals surface area contributed by atoms with Crippen LogP contribution in [0.5, 0.6) is 0 Å². The van der Waals surface area contributed by atoms with E-state index in [9.17, 15) is 10.1 Å². The van der Waals surface area contributed by atoms with Gasteiger partial charge in [-0.3, -0.25) is 9.36 Å². The maximum absolute atomic E-state index is 12.7. The van der Waals surface area contributed by atoms with Gasteiger partial charge in [0.25, 0.3) is 0 Å². The van der Waals surface area contributed by atoms with Crippen LogP contribution in [0.4, 0.5) is 5.69 Å². The number of hydrogen-bond acceptors (Lipinski definition) is 6. The topological polar surface area (TPSA) is 87.9 Å². The summed E-state index contributed by atoms with van der Waals surface area (Å²) in [4.78, 5) is 20.0. The summed E-state index contributed by atoms with van der Waals surface area (Å²) in [5, 5.41) is 9.35. The summed E-state index contributed by atoms with van der Waals surface area (Å²) in [6.45, 7) is 2.06. The number of benzene rings is 1. The molecule has 7 heteroatoms. The average molecular weight is 365 g/mol. The SMILES string of the molecule is N#Cc1ccccc1Cn1c(=O)sc2nccc(N3CCC[C@@H](N)C3)c21. The highest BCUT2D eigenvalue weighted by molar-refractivity contribution is 7.16. The second kappa shape index (κ2) is 6.90. The van der Waals surface area contributed by atoms with E-state index in [2.05, 4.69) is 16.0 Å². The van der Waals surface area contributed by atoms with Crippen LogP contribution in [0.15, 0.2) is 41.3 Å². The summed E-state index contributed by atoms with van der Waals surface area (Å²) in [6.07, 6.45) is 3.81. The standard InChI is InChI=1S/C19H19N5OS/c20-10-13-4-1-2-5-14(13)11-24-17-16(23-9-3-6-15(21)12-23)7-8-22-18(17)26-19(24)25/h1-2,4-5,7-8,15H,3,6,9,11-12,21H2/t15-/m1/s1. The number of rotatable bonds is 3. The first-order valence-corrected chi connectivity index (χ1v) is 9.46. The van der Waals surface area contributed by atoms with E-state index < -0.39 is 0 Å².